The van der Waals surface area contributed by atoms with Crippen molar-refractivity contribution >= 4 is 6.08 Å². The summed E-state index contributed by atoms with van der Waals surface area (Å²) in [5, 5.41) is 0. The highest BCUT2D eigenvalue weighted by molar-refractivity contribution is 5.63. The van der Waals surface area contributed by atoms with Crippen LogP contribution in [0.25, 0.3) is 6.08 Å². The molecule has 0 N–H and O–H groups in total. The Balaban J connectivity index is 2.59. The van der Waals surface area contributed by atoms with Gasteiger partial charge in [-0.3, -0.25) is 0 Å². The summed E-state index contributed by atoms with van der Waals surface area (Å²) in [7, 11) is 0. The Bertz CT molecular complexity index is 423. The van der Waals surface area contributed by atoms with Gasteiger partial charge in [-0.25, -0.2) is 0 Å². The van der Waals surface area contributed by atoms with Crippen LogP contribution in [0.5, 0.6) is 0 Å². The molecule has 0 bridgehead atoms. The molecule has 2 rings (SSSR count). The van der Waals surface area contributed by atoms with Crippen molar-refractivity contribution in [3.8, 4) is 0 Å². The molecule has 0 nitrogen and oxygen atoms in total. The third-order valence-electron chi connectivity index (χ3n) is 3.16. The number of hydrogen-bond acceptors (Lipinski definition) is 0. The summed E-state index contributed by atoms with van der Waals surface area (Å²) in [6.07, 6.45) is 6.30. The van der Waals surface area contributed by atoms with Crippen LogP contribution in [0.15, 0.2) is 55.1 Å². The van der Waals surface area contributed by atoms with E-state index in [1.165, 1.54) is 16.7 Å². The Kier molecular flexibility index (Phi) is 2.59. The molecular formula is C15H16. The molecule has 0 heteroatoms. The van der Waals surface area contributed by atoms with Crippen molar-refractivity contribution in [1.29, 1.82) is 0 Å². The Morgan fingerprint density at radius 3 is 2.40 bits per heavy atom. The molecule has 2 atom stereocenters. The maximum absolute atomic E-state index is 3.94. The number of hydrogen-bond donors (Lipinski definition) is 0. The average Bonchev–Trinajstić information content (AvgIpc) is 2.27. The molecule has 1 aromatic carbocycles. The van der Waals surface area contributed by atoms with Gasteiger partial charge in [-0.2, -0.15) is 0 Å². The van der Waals surface area contributed by atoms with Gasteiger partial charge in [0.2, 0.25) is 0 Å². The summed E-state index contributed by atoms with van der Waals surface area (Å²) in [5.74, 6) is 0.779. The first kappa shape index (κ1) is 9.97. The van der Waals surface area contributed by atoms with Crippen LogP contribution >= 0.6 is 0 Å². The second-order valence-corrected chi connectivity index (χ2v) is 4.04. The van der Waals surface area contributed by atoms with Crippen LogP contribution in [0.2, 0.25) is 0 Å². The Labute approximate surface area is 91.6 Å². The molecule has 2 unspecified atom stereocenters. The van der Waals surface area contributed by atoms with Gasteiger partial charge < -0.3 is 0 Å². The van der Waals surface area contributed by atoms with Gasteiger partial charge in [0.15, 0.2) is 0 Å². The zero-order chi connectivity index (χ0) is 10.8. The van der Waals surface area contributed by atoms with Crippen LogP contribution in [-0.2, 0) is 0 Å². The predicted octanol–water partition coefficient (Wildman–Crippen LogP) is 4.18. The summed E-state index contributed by atoms with van der Waals surface area (Å²) in [6.45, 7) is 10.0. The molecule has 76 valence electrons. The lowest BCUT2D eigenvalue weighted by Gasteiger charge is -2.29. The summed E-state index contributed by atoms with van der Waals surface area (Å²) in [5.41, 5.74) is 4.05. The van der Waals surface area contributed by atoms with E-state index < -0.39 is 0 Å². The van der Waals surface area contributed by atoms with Crippen molar-refractivity contribution in [2.24, 2.45) is 5.92 Å². The van der Waals surface area contributed by atoms with Crippen molar-refractivity contribution in [3.05, 3.63) is 66.3 Å². The maximum Gasteiger partial charge on any atom is 0.0121 e. The average molecular weight is 196 g/mol. The molecule has 0 aliphatic heterocycles. The normalized spacial score (nSPS) is 23.9. The van der Waals surface area contributed by atoms with E-state index in [0.717, 1.165) is 0 Å². The molecule has 0 spiro atoms. The zero-order valence-corrected chi connectivity index (χ0v) is 9.11. The van der Waals surface area contributed by atoms with E-state index in [2.05, 4.69) is 50.4 Å². The van der Waals surface area contributed by atoms with Crippen LogP contribution in [0.3, 0.4) is 0 Å². The first-order valence-corrected chi connectivity index (χ1v) is 5.30. The van der Waals surface area contributed by atoms with Gasteiger partial charge >= 0.3 is 0 Å². The largest absolute Gasteiger partial charge is 0.102 e. The lowest BCUT2D eigenvalue weighted by Crippen LogP contribution is -2.14. The third kappa shape index (κ3) is 1.56. The van der Waals surface area contributed by atoms with Crippen LogP contribution in [-0.4, -0.2) is 0 Å². The lowest BCUT2D eigenvalue weighted by atomic mass is 9.75. The Hall–Kier alpha value is -1.56. The number of allylic oxidation sites excluding steroid dienone is 3. The van der Waals surface area contributed by atoms with Gasteiger partial charge in [0, 0.05) is 11.8 Å². The summed E-state index contributed by atoms with van der Waals surface area (Å²) >= 11 is 0. The second-order valence-electron chi connectivity index (χ2n) is 4.04. The number of fused-ring (bicyclic) bond motifs is 1. The van der Waals surface area contributed by atoms with E-state index >= 15 is 0 Å². The van der Waals surface area contributed by atoms with Crippen LogP contribution < -0.4 is 0 Å². The molecule has 0 saturated carbocycles. The van der Waals surface area contributed by atoms with Gasteiger partial charge in [0.05, 0.1) is 0 Å². The maximum atomic E-state index is 3.94. The Morgan fingerprint density at radius 2 is 1.73 bits per heavy atom. The van der Waals surface area contributed by atoms with Gasteiger partial charge in [-0.1, -0.05) is 48.1 Å². The lowest BCUT2D eigenvalue weighted by molar-refractivity contribution is 0.664. The quantitative estimate of drug-likeness (QED) is 0.623. The molecule has 1 aliphatic rings. The van der Waals surface area contributed by atoms with Crippen LogP contribution in [0.4, 0.5) is 0 Å². The molecule has 0 fully saturated rings. The van der Waals surface area contributed by atoms with E-state index in [0.29, 0.717) is 11.8 Å². The topological polar surface area (TPSA) is 0 Å². The van der Waals surface area contributed by atoms with Gasteiger partial charge in [0.1, 0.15) is 0 Å². The summed E-state index contributed by atoms with van der Waals surface area (Å²) in [6, 6.07) is 8.51. The molecule has 0 aromatic heterocycles. The smallest absolute Gasteiger partial charge is 0.0121 e. The Morgan fingerprint density at radius 1 is 1.07 bits per heavy atom. The molecule has 1 aliphatic carbocycles. The van der Waals surface area contributed by atoms with Crippen molar-refractivity contribution in [2.45, 2.75) is 12.8 Å². The molecule has 1 aromatic rings. The van der Waals surface area contributed by atoms with E-state index in [-0.39, 0.29) is 0 Å². The monoisotopic (exact) mass is 196 g/mol. The molecule has 0 heterocycles. The molecule has 0 radical (unpaired) electrons. The highest BCUT2D eigenvalue weighted by Crippen LogP contribution is 2.39. The SMILES string of the molecule is C=CC1C(C)=Cc2ccccc2C1C=C. The van der Waals surface area contributed by atoms with E-state index in [1.54, 1.807) is 0 Å². The fourth-order valence-electron chi connectivity index (χ4n) is 2.37. The fourth-order valence-corrected chi connectivity index (χ4v) is 2.37. The van der Waals surface area contributed by atoms with Crippen molar-refractivity contribution < 1.29 is 0 Å². The molecule has 15 heavy (non-hydrogen) atoms. The fraction of sp³-hybridized carbons (Fsp3) is 0.200. The van der Waals surface area contributed by atoms with E-state index in [4.69, 9.17) is 0 Å². The minimum absolute atomic E-state index is 0.378. The number of benzene rings is 1. The molecule has 0 saturated heterocycles. The minimum Gasteiger partial charge on any atom is -0.102 e. The zero-order valence-electron chi connectivity index (χ0n) is 9.11. The van der Waals surface area contributed by atoms with Crippen molar-refractivity contribution in [3.63, 3.8) is 0 Å². The summed E-state index contributed by atoms with van der Waals surface area (Å²) < 4.78 is 0. The van der Waals surface area contributed by atoms with Gasteiger partial charge in [-0.15, -0.1) is 13.2 Å². The highest BCUT2D eigenvalue weighted by atomic mass is 14.3. The van der Waals surface area contributed by atoms with Crippen LogP contribution in [0, 0.1) is 5.92 Å². The molecular weight excluding hydrogens is 180 g/mol. The van der Waals surface area contributed by atoms with Crippen LogP contribution in [0.1, 0.15) is 24.0 Å². The van der Waals surface area contributed by atoms with E-state index in [9.17, 15) is 0 Å². The highest BCUT2D eigenvalue weighted by Gasteiger charge is 2.24. The van der Waals surface area contributed by atoms with E-state index in [1.807, 2.05) is 12.2 Å². The summed E-state index contributed by atoms with van der Waals surface area (Å²) in [4.78, 5) is 0. The van der Waals surface area contributed by atoms with Gasteiger partial charge in [-0.05, 0) is 18.1 Å². The van der Waals surface area contributed by atoms with Crippen molar-refractivity contribution in [1.82, 2.24) is 0 Å². The van der Waals surface area contributed by atoms with Crippen molar-refractivity contribution in [2.75, 3.05) is 0 Å². The first-order valence-electron chi connectivity index (χ1n) is 5.30. The standard InChI is InChI=1S/C15H16/c1-4-13-11(3)10-12-8-6-7-9-15(12)14(13)5-2/h4-10,13-14H,1-2H2,3H3. The first-order chi connectivity index (χ1) is 7.27. The second kappa shape index (κ2) is 3.90. The number of rotatable bonds is 2. The third-order valence-corrected chi connectivity index (χ3v) is 3.16. The predicted molar refractivity (Wildman–Crippen MR) is 66.7 cm³/mol. The molecule has 0 amide bonds. The van der Waals surface area contributed by atoms with Gasteiger partial charge in [0.25, 0.3) is 0 Å². The minimum atomic E-state index is 0.378.